The highest BCUT2D eigenvalue weighted by Crippen LogP contribution is 2.34. The van der Waals surface area contributed by atoms with Crippen LogP contribution >= 0.6 is 0 Å². The number of piperidine rings is 1. The summed E-state index contributed by atoms with van der Waals surface area (Å²) in [5.74, 6) is 1.78. The molecule has 1 spiro atoms. The number of aliphatic imine (C=N–C) groups is 1. The quantitative estimate of drug-likeness (QED) is 0.859. The van der Waals surface area contributed by atoms with Gasteiger partial charge in [0.2, 0.25) is 0 Å². The Hall–Kier alpha value is -2.08. The van der Waals surface area contributed by atoms with Crippen molar-refractivity contribution < 1.29 is 14.3 Å². The van der Waals surface area contributed by atoms with Gasteiger partial charge >= 0.3 is 0 Å². The minimum absolute atomic E-state index is 0.0352. The number of nitrogens with one attached hydrogen (secondary N) is 2. The number of amides is 1. The van der Waals surface area contributed by atoms with Crippen LogP contribution in [0, 0.1) is 0 Å². The predicted molar refractivity (Wildman–Crippen MR) is 79.1 cm³/mol. The van der Waals surface area contributed by atoms with Gasteiger partial charge in [0.05, 0.1) is 14.2 Å². The van der Waals surface area contributed by atoms with Crippen LogP contribution in [0.15, 0.2) is 23.2 Å². The van der Waals surface area contributed by atoms with Gasteiger partial charge in [0.1, 0.15) is 28.4 Å². The average molecular weight is 289 g/mol. The molecular weight excluding hydrogens is 270 g/mol. The van der Waals surface area contributed by atoms with Gasteiger partial charge in [0.25, 0.3) is 5.91 Å². The maximum absolute atomic E-state index is 12.4. The number of amidine groups is 1. The molecular formula is C15H19N3O3. The standard InChI is InChI=1S/C15H19N3O3/c1-20-10-4-3-5-11(21-2)12(10)13-17-14(19)15(18-13)6-8-16-9-7-15/h3-5,16H,6-9H2,1-2H3,(H,17,18,19). The molecule has 1 amide bonds. The van der Waals surface area contributed by atoms with Crippen LogP contribution in [0.3, 0.4) is 0 Å². The van der Waals surface area contributed by atoms with Crippen LogP contribution < -0.4 is 20.1 Å². The van der Waals surface area contributed by atoms with Gasteiger partial charge in [0.15, 0.2) is 0 Å². The Labute approximate surface area is 123 Å². The van der Waals surface area contributed by atoms with Gasteiger partial charge in [-0.25, -0.2) is 0 Å². The van der Waals surface area contributed by atoms with Crippen LogP contribution in [0.5, 0.6) is 11.5 Å². The number of rotatable bonds is 3. The van der Waals surface area contributed by atoms with Crippen molar-refractivity contribution in [3.63, 3.8) is 0 Å². The van der Waals surface area contributed by atoms with Gasteiger partial charge in [-0.05, 0) is 38.1 Å². The minimum atomic E-state index is -0.646. The van der Waals surface area contributed by atoms with Gasteiger partial charge in [-0.3, -0.25) is 9.79 Å². The highest BCUT2D eigenvalue weighted by molar-refractivity contribution is 6.17. The van der Waals surface area contributed by atoms with Gasteiger partial charge in [-0.15, -0.1) is 0 Å². The number of carbonyl (C=O) groups is 1. The summed E-state index contributed by atoms with van der Waals surface area (Å²) >= 11 is 0. The van der Waals surface area contributed by atoms with Crippen molar-refractivity contribution in [2.24, 2.45) is 4.99 Å². The topological polar surface area (TPSA) is 72.0 Å². The van der Waals surface area contributed by atoms with Crippen LogP contribution in [-0.2, 0) is 4.79 Å². The molecule has 0 unspecified atom stereocenters. The molecule has 6 heteroatoms. The Morgan fingerprint density at radius 3 is 2.33 bits per heavy atom. The summed E-state index contributed by atoms with van der Waals surface area (Å²) in [4.78, 5) is 17.1. The SMILES string of the molecule is COc1cccc(OC)c1C1=NC2(CCNCC2)C(=O)N1. The van der Waals surface area contributed by atoms with Crippen LogP contribution in [0.4, 0.5) is 0 Å². The number of nitrogens with zero attached hydrogens (tertiary/aromatic N) is 1. The Kier molecular flexibility index (Phi) is 3.55. The number of carbonyl (C=O) groups excluding carboxylic acids is 1. The van der Waals surface area contributed by atoms with Crippen molar-refractivity contribution in [1.29, 1.82) is 0 Å². The lowest BCUT2D eigenvalue weighted by molar-refractivity contribution is -0.124. The lowest BCUT2D eigenvalue weighted by Gasteiger charge is -2.28. The molecule has 0 aliphatic carbocycles. The summed E-state index contributed by atoms with van der Waals surface area (Å²) in [5.41, 5.74) is 0.0539. The van der Waals surface area contributed by atoms with Crippen LogP contribution in [-0.4, -0.2) is 44.6 Å². The second-order valence-corrected chi connectivity index (χ2v) is 5.23. The van der Waals surface area contributed by atoms with E-state index in [0.717, 1.165) is 13.1 Å². The monoisotopic (exact) mass is 289 g/mol. The van der Waals surface area contributed by atoms with E-state index in [9.17, 15) is 4.79 Å². The van der Waals surface area contributed by atoms with Crippen molar-refractivity contribution in [3.05, 3.63) is 23.8 Å². The Morgan fingerprint density at radius 1 is 1.14 bits per heavy atom. The molecule has 0 saturated carbocycles. The Balaban J connectivity index is 2.05. The molecule has 6 nitrogen and oxygen atoms in total. The van der Waals surface area contributed by atoms with E-state index >= 15 is 0 Å². The first-order chi connectivity index (χ1) is 10.2. The molecule has 1 saturated heterocycles. The molecule has 2 aliphatic heterocycles. The fourth-order valence-corrected chi connectivity index (χ4v) is 2.90. The smallest absolute Gasteiger partial charge is 0.253 e. The first kappa shape index (κ1) is 13.9. The molecule has 2 aliphatic rings. The van der Waals surface area contributed by atoms with E-state index in [1.165, 1.54) is 0 Å². The molecule has 1 aromatic rings. The molecule has 0 atom stereocenters. The van der Waals surface area contributed by atoms with Crippen molar-refractivity contribution in [2.75, 3.05) is 27.3 Å². The first-order valence-electron chi connectivity index (χ1n) is 7.03. The lowest BCUT2D eigenvalue weighted by Crippen LogP contribution is -2.47. The molecule has 1 aromatic carbocycles. The summed E-state index contributed by atoms with van der Waals surface area (Å²) in [6.45, 7) is 1.60. The van der Waals surface area contributed by atoms with Gasteiger partial charge in [-0.1, -0.05) is 6.07 Å². The van der Waals surface area contributed by atoms with Crippen LogP contribution in [0.1, 0.15) is 18.4 Å². The zero-order valence-electron chi connectivity index (χ0n) is 12.2. The second-order valence-electron chi connectivity index (χ2n) is 5.23. The highest BCUT2D eigenvalue weighted by atomic mass is 16.5. The third-order valence-electron chi connectivity index (χ3n) is 4.08. The van der Waals surface area contributed by atoms with Gasteiger partial charge < -0.3 is 20.1 Å². The summed E-state index contributed by atoms with van der Waals surface area (Å²) in [7, 11) is 3.19. The normalized spacial score (nSPS) is 20.1. The summed E-state index contributed by atoms with van der Waals surface area (Å²) in [6.07, 6.45) is 1.42. The second kappa shape index (κ2) is 5.37. The van der Waals surface area contributed by atoms with E-state index in [2.05, 4.69) is 10.6 Å². The maximum Gasteiger partial charge on any atom is 0.253 e. The summed E-state index contributed by atoms with van der Waals surface area (Å²) < 4.78 is 10.8. The zero-order valence-corrected chi connectivity index (χ0v) is 12.2. The fraction of sp³-hybridized carbons (Fsp3) is 0.467. The van der Waals surface area contributed by atoms with Crippen LogP contribution in [0.25, 0.3) is 0 Å². The highest BCUT2D eigenvalue weighted by Gasteiger charge is 2.45. The fourth-order valence-electron chi connectivity index (χ4n) is 2.90. The molecule has 112 valence electrons. The van der Waals surface area contributed by atoms with Crippen molar-refractivity contribution in [3.8, 4) is 11.5 Å². The number of ether oxygens (including phenoxy) is 2. The van der Waals surface area contributed by atoms with Gasteiger partial charge in [-0.2, -0.15) is 0 Å². The largest absolute Gasteiger partial charge is 0.496 e. The summed E-state index contributed by atoms with van der Waals surface area (Å²) in [5, 5.41) is 6.16. The van der Waals surface area contributed by atoms with Crippen LogP contribution in [0.2, 0.25) is 0 Å². The third kappa shape index (κ3) is 2.25. The lowest BCUT2D eigenvalue weighted by atomic mass is 9.89. The number of benzene rings is 1. The summed E-state index contributed by atoms with van der Waals surface area (Å²) in [6, 6.07) is 5.51. The number of methoxy groups -OCH3 is 2. The average Bonchev–Trinajstić information content (AvgIpc) is 2.83. The van der Waals surface area contributed by atoms with Crippen molar-refractivity contribution in [2.45, 2.75) is 18.4 Å². The predicted octanol–water partition coefficient (Wildman–Crippen LogP) is 0.702. The van der Waals surface area contributed by atoms with Crippen molar-refractivity contribution >= 4 is 11.7 Å². The van der Waals surface area contributed by atoms with E-state index in [-0.39, 0.29) is 5.91 Å². The number of hydrogen-bond donors (Lipinski definition) is 2. The molecule has 21 heavy (non-hydrogen) atoms. The molecule has 0 aromatic heterocycles. The molecule has 2 N–H and O–H groups in total. The third-order valence-corrected chi connectivity index (χ3v) is 4.08. The first-order valence-corrected chi connectivity index (χ1v) is 7.03. The molecule has 0 bridgehead atoms. The van der Waals surface area contributed by atoms with E-state index < -0.39 is 5.54 Å². The molecule has 3 rings (SSSR count). The van der Waals surface area contributed by atoms with Crippen molar-refractivity contribution in [1.82, 2.24) is 10.6 Å². The molecule has 2 heterocycles. The zero-order chi connectivity index (χ0) is 14.9. The number of hydrogen-bond acceptors (Lipinski definition) is 5. The molecule has 1 fully saturated rings. The van der Waals surface area contributed by atoms with E-state index in [1.54, 1.807) is 14.2 Å². The Bertz CT molecular complexity index is 570. The maximum atomic E-state index is 12.4. The minimum Gasteiger partial charge on any atom is -0.496 e. The van der Waals surface area contributed by atoms with E-state index in [1.807, 2.05) is 18.2 Å². The Morgan fingerprint density at radius 2 is 1.76 bits per heavy atom. The van der Waals surface area contributed by atoms with E-state index in [0.29, 0.717) is 35.7 Å². The molecule has 0 radical (unpaired) electrons. The van der Waals surface area contributed by atoms with E-state index in [4.69, 9.17) is 14.5 Å². The van der Waals surface area contributed by atoms with Gasteiger partial charge in [0, 0.05) is 0 Å².